The van der Waals surface area contributed by atoms with Gasteiger partial charge in [0.2, 0.25) is 0 Å². The zero-order valence-corrected chi connectivity index (χ0v) is 37.7. The Hall–Kier alpha value is -1.21. The van der Waals surface area contributed by atoms with Crippen molar-refractivity contribution in [1.29, 1.82) is 0 Å². The first-order valence-electron chi connectivity index (χ1n) is 24.0. The van der Waals surface area contributed by atoms with Crippen LogP contribution in [0.2, 0.25) is 0 Å². The third-order valence-electron chi connectivity index (χ3n) is 10.8. The van der Waals surface area contributed by atoms with E-state index in [4.69, 9.17) is 19.3 Å². The zero-order valence-electron chi connectivity index (χ0n) is 36.8. The summed E-state index contributed by atoms with van der Waals surface area (Å²) in [6.45, 7) is 3.72. The molecule has 0 radical (unpaired) electrons. The molecular weight excluding hydrogens is 723 g/mol. The molecule has 332 valence electrons. The van der Waals surface area contributed by atoms with Crippen LogP contribution in [-0.2, 0) is 28.2 Å². The molecule has 8 nitrogen and oxygen atoms in total. The van der Waals surface area contributed by atoms with E-state index >= 15 is 0 Å². The maximum Gasteiger partial charge on any atom is 0.469 e. The van der Waals surface area contributed by atoms with Gasteiger partial charge in [0, 0.05) is 12.8 Å². The van der Waals surface area contributed by atoms with E-state index in [2.05, 4.69) is 30.5 Å². The molecular formula is C47H91O8P. The molecule has 1 atom stereocenters. The lowest BCUT2D eigenvalue weighted by molar-refractivity contribution is -0.161. The third-order valence-corrected chi connectivity index (χ3v) is 11.3. The molecule has 0 unspecified atom stereocenters. The van der Waals surface area contributed by atoms with Gasteiger partial charge in [-0.15, -0.1) is 0 Å². The second-order valence-corrected chi connectivity index (χ2v) is 17.7. The Bertz CT molecular complexity index is 920. The molecule has 0 saturated carbocycles. The second kappa shape index (κ2) is 43.4. The number of allylic oxidation sites excluding steroid dienone is 2. The van der Waals surface area contributed by atoms with Crippen LogP contribution < -0.4 is 0 Å². The highest BCUT2D eigenvalue weighted by molar-refractivity contribution is 7.46. The zero-order chi connectivity index (χ0) is 41.1. The van der Waals surface area contributed by atoms with Gasteiger partial charge in [-0.05, 0) is 38.5 Å². The minimum atomic E-state index is -4.75. The van der Waals surface area contributed by atoms with E-state index < -0.39 is 32.5 Å². The summed E-state index contributed by atoms with van der Waals surface area (Å²) in [5.74, 6) is -0.873. The van der Waals surface area contributed by atoms with Crippen molar-refractivity contribution in [2.45, 2.75) is 264 Å². The highest BCUT2D eigenvalue weighted by atomic mass is 31.2. The first kappa shape index (κ1) is 54.8. The normalized spacial score (nSPS) is 12.4. The van der Waals surface area contributed by atoms with E-state index in [0.29, 0.717) is 6.42 Å². The van der Waals surface area contributed by atoms with Gasteiger partial charge >= 0.3 is 19.8 Å². The van der Waals surface area contributed by atoms with Crippen LogP contribution in [0.25, 0.3) is 0 Å². The largest absolute Gasteiger partial charge is 0.469 e. The van der Waals surface area contributed by atoms with E-state index in [1.54, 1.807) is 0 Å². The standard InChI is InChI=1S/C47H91O8P/c1-3-5-7-9-11-13-15-17-19-21-22-23-24-26-28-30-32-34-36-38-40-42-47(49)55-45(44-54-56(50,51)52)43-53-46(48)41-39-37-35-33-31-29-27-25-20-18-16-14-12-10-8-6-4-2/h18,20,45H,3-17,19,21-44H2,1-2H3,(H2,50,51,52)/b20-18-/t45-/m1/s1. The lowest BCUT2D eigenvalue weighted by Crippen LogP contribution is -2.29. The summed E-state index contributed by atoms with van der Waals surface area (Å²) in [7, 11) is -4.75. The number of carbonyl (C=O) groups is 2. The van der Waals surface area contributed by atoms with Gasteiger partial charge in [0.25, 0.3) is 0 Å². The van der Waals surface area contributed by atoms with Crippen molar-refractivity contribution in [3.63, 3.8) is 0 Å². The number of carbonyl (C=O) groups excluding carboxylic acids is 2. The van der Waals surface area contributed by atoms with Crippen LogP contribution in [-0.4, -0.2) is 41.0 Å². The minimum Gasteiger partial charge on any atom is -0.462 e. The number of phosphoric ester groups is 1. The van der Waals surface area contributed by atoms with Crippen LogP contribution >= 0.6 is 7.82 Å². The Balaban J connectivity index is 3.81. The van der Waals surface area contributed by atoms with Crippen molar-refractivity contribution in [3.05, 3.63) is 12.2 Å². The second-order valence-electron chi connectivity index (χ2n) is 16.4. The fourth-order valence-electron chi connectivity index (χ4n) is 7.19. The molecule has 0 spiro atoms. The number of hydrogen-bond donors (Lipinski definition) is 2. The van der Waals surface area contributed by atoms with Crippen molar-refractivity contribution < 1.29 is 37.9 Å². The van der Waals surface area contributed by atoms with Crippen LogP contribution in [0.4, 0.5) is 0 Å². The van der Waals surface area contributed by atoms with Crippen LogP contribution in [0.3, 0.4) is 0 Å². The molecule has 0 aromatic carbocycles. The Morgan fingerprint density at radius 2 is 0.750 bits per heavy atom. The molecule has 2 N–H and O–H groups in total. The lowest BCUT2D eigenvalue weighted by Gasteiger charge is -2.18. The SMILES string of the molecule is CCCCCCCC/C=C\CCCCCCCCCC(=O)OC[C@H](COP(=O)(O)O)OC(=O)CCCCCCCCCCCCCCCCCCCCCCC. The van der Waals surface area contributed by atoms with Crippen molar-refractivity contribution in [2.24, 2.45) is 0 Å². The maximum atomic E-state index is 12.5. The van der Waals surface area contributed by atoms with Gasteiger partial charge in [0.15, 0.2) is 6.10 Å². The first-order chi connectivity index (χ1) is 27.3. The van der Waals surface area contributed by atoms with Crippen LogP contribution in [0.5, 0.6) is 0 Å². The minimum absolute atomic E-state index is 0.218. The van der Waals surface area contributed by atoms with E-state index in [1.165, 1.54) is 180 Å². The van der Waals surface area contributed by atoms with Crippen molar-refractivity contribution >= 4 is 19.8 Å². The number of ether oxygens (including phenoxy) is 2. The molecule has 0 bridgehead atoms. The maximum absolute atomic E-state index is 12.5. The summed E-state index contributed by atoms with van der Waals surface area (Å²) in [4.78, 5) is 43.0. The molecule has 0 aliphatic carbocycles. The quantitative estimate of drug-likeness (QED) is 0.0270. The number of esters is 2. The van der Waals surface area contributed by atoms with E-state index in [0.717, 1.165) is 44.9 Å². The molecule has 0 rings (SSSR count). The van der Waals surface area contributed by atoms with Gasteiger partial charge in [0.05, 0.1) is 6.61 Å². The average molecular weight is 815 g/mol. The lowest BCUT2D eigenvalue weighted by atomic mass is 10.0. The number of unbranched alkanes of at least 4 members (excludes halogenated alkanes) is 33. The molecule has 0 aliphatic heterocycles. The smallest absolute Gasteiger partial charge is 0.462 e. The van der Waals surface area contributed by atoms with Gasteiger partial charge in [-0.25, -0.2) is 4.57 Å². The monoisotopic (exact) mass is 815 g/mol. The predicted octanol–water partition coefficient (Wildman–Crippen LogP) is 15.0. The molecule has 0 heterocycles. The van der Waals surface area contributed by atoms with Crippen LogP contribution in [0, 0.1) is 0 Å². The highest BCUT2D eigenvalue weighted by Gasteiger charge is 2.23. The Morgan fingerprint density at radius 3 is 1.09 bits per heavy atom. The van der Waals surface area contributed by atoms with Crippen LogP contribution in [0.1, 0.15) is 258 Å². The van der Waals surface area contributed by atoms with Gasteiger partial charge < -0.3 is 19.3 Å². The number of hydrogen-bond acceptors (Lipinski definition) is 6. The van der Waals surface area contributed by atoms with Crippen molar-refractivity contribution in [3.8, 4) is 0 Å². The Morgan fingerprint density at radius 1 is 0.446 bits per heavy atom. The first-order valence-corrected chi connectivity index (χ1v) is 25.5. The van der Waals surface area contributed by atoms with Crippen LogP contribution in [0.15, 0.2) is 12.2 Å². The van der Waals surface area contributed by atoms with E-state index in [-0.39, 0.29) is 19.4 Å². The summed E-state index contributed by atoms with van der Waals surface area (Å²) >= 11 is 0. The molecule has 0 fully saturated rings. The molecule has 9 heteroatoms. The Labute approximate surface area is 346 Å². The summed E-state index contributed by atoms with van der Waals surface area (Å²) in [5.41, 5.74) is 0. The van der Waals surface area contributed by atoms with Gasteiger partial charge in [-0.2, -0.15) is 0 Å². The molecule has 0 amide bonds. The fourth-order valence-corrected chi connectivity index (χ4v) is 7.55. The Kier molecular flexibility index (Phi) is 42.4. The molecule has 0 saturated heterocycles. The summed E-state index contributed by atoms with van der Waals surface area (Å²) in [6, 6.07) is 0. The van der Waals surface area contributed by atoms with Crippen molar-refractivity contribution in [1.82, 2.24) is 0 Å². The third kappa shape index (κ3) is 45.5. The predicted molar refractivity (Wildman–Crippen MR) is 235 cm³/mol. The summed E-state index contributed by atoms with van der Waals surface area (Å²) < 4.78 is 26.5. The van der Waals surface area contributed by atoms with Gasteiger partial charge in [-0.1, -0.05) is 219 Å². The topological polar surface area (TPSA) is 119 Å². The molecule has 0 aromatic heterocycles. The highest BCUT2D eigenvalue weighted by Crippen LogP contribution is 2.36. The van der Waals surface area contributed by atoms with Gasteiger partial charge in [-0.3, -0.25) is 14.1 Å². The fraction of sp³-hybridized carbons (Fsp3) is 0.915. The van der Waals surface area contributed by atoms with Crippen molar-refractivity contribution in [2.75, 3.05) is 13.2 Å². The molecule has 56 heavy (non-hydrogen) atoms. The van der Waals surface area contributed by atoms with Gasteiger partial charge in [0.1, 0.15) is 6.61 Å². The number of phosphoric acid groups is 1. The summed E-state index contributed by atoms with van der Waals surface area (Å²) in [6.07, 6.45) is 49.4. The number of rotatable bonds is 45. The van der Waals surface area contributed by atoms with E-state index in [1.807, 2.05) is 0 Å². The van der Waals surface area contributed by atoms with E-state index in [9.17, 15) is 14.2 Å². The molecule has 0 aromatic rings. The molecule has 0 aliphatic rings. The summed E-state index contributed by atoms with van der Waals surface area (Å²) in [5, 5.41) is 0. The average Bonchev–Trinajstić information content (AvgIpc) is 3.17.